The van der Waals surface area contributed by atoms with E-state index in [4.69, 9.17) is 4.74 Å². The van der Waals surface area contributed by atoms with Crippen LogP contribution in [0.5, 0.6) is 5.75 Å². The molecule has 2 N–H and O–H groups in total. The highest BCUT2D eigenvalue weighted by atomic mass is 32.2. The summed E-state index contributed by atoms with van der Waals surface area (Å²) in [7, 11) is 0. The summed E-state index contributed by atoms with van der Waals surface area (Å²) in [4.78, 5) is 13.6. The third-order valence-corrected chi connectivity index (χ3v) is 4.02. The second-order valence-electron chi connectivity index (χ2n) is 4.64. The van der Waals surface area contributed by atoms with E-state index in [2.05, 4.69) is 10.6 Å². The lowest BCUT2D eigenvalue weighted by Gasteiger charge is -2.21. The first-order valence-corrected chi connectivity index (χ1v) is 7.95. The van der Waals surface area contributed by atoms with Crippen molar-refractivity contribution < 1.29 is 9.53 Å². The van der Waals surface area contributed by atoms with E-state index < -0.39 is 0 Å². The van der Waals surface area contributed by atoms with E-state index >= 15 is 0 Å². The Hall–Kier alpha value is -2.14. The Morgan fingerprint density at radius 3 is 2.81 bits per heavy atom. The van der Waals surface area contributed by atoms with Gasteiger partial charge in [-0.15, -0.1) is 11.8 Å². The highest BCUT2D eigenvalue weighted by Crippen LogP contribution is 2.31. The van der Waals surface area contributed by atoms with Gasteiger partial charge < -0.3 is 15.4 Å². The molecule has 0 radical (unpaired) electrons. The molecule has 0 atom stereocenters. The molecule has 4 nitrogen and oxygen atoms in total. The lowest BCUT2D eigenvalue weighted by molar-refractivity contribution is 0.102. The molecule has 1 aliphatic rings. The first-order valence-electron chi connectivity index (χ1n) is 6.73. The number of fused-ring (bicyclic) bond motifs is 1. The van der Waals surface area contributed by atoms with Gasteiger partial charge in [-0.25, -0.2) is 0 Å². The summed E-state index contributed by atoms with van der Waals surface area (Å²) < 4.78 is 5.62. The third-order valence-electron chi connectivity index (χ3n) is 3.27. The average Bonchev–Trinajstić information content (AvgIpc) is 2.55. The number of thioether (sulfide) groups is 1. The van der Waals surface area contributed by atoms with Gasteiger partial charge >= 0.3 is 0 Å². The van der Waals surface area contributed by atoms with Crippen molar-refractivity contribution in [3.05, 3.63) is 48.0 Å². The second-order valence-corrected chi connectivity index (χ2v) is 5.52. The molecule has 5 heteroatoms. The normalized spacial score (nSPS) is 12.8. The van der Waals surface area contributed by atoms with Crippen molar-refractivity contribution in [2.24, 2.45) is 0 Å². The second kappa shape index (κ2) is 6.10. The standard InChI is InChI=1S/C16H16N2O2S/c1-21-12-7-5-11(6-8-12)18-16(19)13-3-2-4-14-15(13)20-10-9-17-14/h2-8,17H,9-10H2,1H3,(H,18,19). The molecule has 0 saturated carbocycles. The summed E-state index contributed by atoms with van der Waals surface area (Å²) in [5, 5.41) is 6.13. The topological polar surface area (TPSA) is 50.4 Å². The molecular formula is C16H16N2O2S. The molecular weight excluding hydrogens is 284 g/mol. The van der Waals surface area contributed by atoms with Crippen molar-refractivity contribution in [1.29, 1.82) is 0 Å². The Kier molecular flexibility index (Phi) is 4.01. The number of hydrogen-bond acceptors (Lipinski definition) is 4. The maximum Gasteiger partial charge on any atom is 0.259 e. The van der Waals surface area contributed by atoms with Crippen LogP contribution in [0.15, 0.2) is 47.4 Å². The predicted molar refractivity (Wildman–Crippen MR) is 86.6 cm³/mol. The van der Waals surface area contributed by atoms with Gasteiger partial charge in [0.1, 0.15) is 6.61 Å². The van der Waals surface area contributed by atoms with Gasteiger partial charge in [0.05, 0.1) is 11.3 Å². The summed E-state index contributed by atoms with van der Waals surface area (Å²) in [6.45, 7) is 1.33. The van der Waals surface area contributed by atoms with Crippen LogP contribution in [0, 0.1) is 0 Å². The molecule has 0 aliphatic carbocycles. The Bertz CT molecular complexity index is 656. The van der Waals surface area contributed by atoms with E-state index in [0.29, 0.717) is 17.9 Å². The molecule has 1 heterocycles. The molecule has 108 valence electrons. The molecule has 21 heavy (non-hydrogen) atoms. The fraction of sp³-hybridized carbons (Fsp3) is 0.188. The number of benzene rings is 2. The number of nitrogens with one attached hydrogen (secondary N) is 2. The summed E-state index contributed by atoms with van der Waals surface area (Å²) in [5.74, 6) is 0.467. The minimum Gasteiger partial charge on any atom is -0.489 e. The number of hydrogen-bond donors (Lipinski definition) is 2. The number of carbonyl (C=O) groups excluding carboxylic acids is 1. The number of anilines is 2. The van der Waals surface area contributed by atoms with E-state index in [0.717, 1.165) is 22.8 Å². The molecule has 2 aromatic carbocycles. The summed E-state index contributed by atoms with van der Waals surface area (Å²) in [6, 6.07) is 13.3. The molecule has 2 aromatic rings. The van der Waals surface area contributed by atoms with Crippen LogP contribution in [0.4, 0.5) is 11.4 Å². The summed E-state index contributed by atoms with van der Waals surface area (Å²) in [6.07, 6.45) is 2.02. The Morgan fingerprint density at radius 2 is 2.05 bits per heavy atom. The third kappa shape index (κ3) is 2.97. The van der Waals surface area contributed by atoms with E-state index in [-0.39, 0.29) is 5.91 Å². The maximum atomic E-state index is 12.4. The molecule has 1 aliphatic heterocycles. The Labute approximate surface area is 127 Å². The van der Waals surface area contributed by atoms with Crippen molar-refractivity contribution in [2.45, 2.75) is 4.90 Å². The minimum atomic E-state index is -0.160. The first-order chi connectivity index (χ1) is 10.3. The summed E-state index contributed by atoms with van der Waals surface area (Å²) >= 11 is 1.67. The zero-order chi connectivity index (χ0) is 14.7. The van der Waals surface area contributed by atoms with Crippen LogP contribution >= 0.6 is 11.8 Å². The van der Waals surface area contributed by atoms with Crippen LogP contribution in [0.1, 0.15) is 10.4 Å². The molecule has 3 rings (SSSR count). The molecule has 1 amide bonds. The van der Waals surface area contributed by atoms with Crippen LogP contribution in [0.25, 0.3) is 0 Å². The highest BCUT2D eigenvalue weighted by molar-refractivity contribution is 7.98. The monoisotopic (exact) mass is 300 g/mol. The highest BCUT2D eigenvalue weighted by Gasteiger charge is 2.18. The molecule has 0 bridgehead atoms. The zero-order valence-electron chi connectivity index (χ0n) is 11.7. The van der Waals surface area contributed by atoms with Crippen LogP contribution < -0.4 is 15.4 Å². The fourth-order valence-corrected chi connectivity index (χ4v) is 2.63. The van der Waals surface area contributed by atoms with Gasteiger partial charge in [-0.2, -0.15) is 0 Å². The lowest BCUT2D eigenvalue weighted by Crippen LogP contribution is -2.21. The van der Waals surface area contributed by atoms with Gasteiger partial charge in [0.15, 0.2) is 5.75 Å². The van der Waals surface area contributed by atoms with Crippen LogP contribution in [0.3, 0.4) is 0 Å². The quantitative estimate of drug-likeness (QED) is 0.852. The largest absolute Gasteiger partial charge is 0.489 e. The molecule has 0 aromatic heterocycles. The van der Waals surface area contributed by atoms with E-state index in [1.54, 1.807) is 17.8 Å². The molecule has 0 fully saturated rings. The lowest BCUT2D eigenvalue weighted by atomic mass is 10.1. The van der Waals surface area contributed by atoms with Gasteiger partial charge in [0.25, 0.3) is 5.91 Å². The van der Waals surface area contributed by atoms with Gasteiger partial charge in [-0.1, -0.05) is 6.07 Å². The molecule has 0 unspecified atom stereocenters. The van der Waals surface area contributed by atoms with E-state index in [9.17, 15) is 4.79 Å². The van der Waals surface area contributed by atoms with Crippen molar-refractivity contribution in [3.8, 4) is 5.75 Å². The van der Waals surface area contributed by atoms with Gasteiger partial charge in [0, 0.05) is 17.1 Å². The van der Waals surface area contributed by atoms with Crippen molar-refractivity contribution >= 4 is 29.0 Å². The van der Waals surface area contributed by atoms with E-state index in [1.165, 1.54) is 0 Å². The fourth-order valence-electron chi connectivity index (χ4n) is 2.22. The van der Waals surface area contributed by atoms with Gasteiger partial charge in [0.2, 0.25) is 0 Å². The van der Waals surface area contributed by atoms with Crippen LogP contribution in [0.2, 0.25) is 0 Å². The van der Waals surface area contributed by atoms with Crippen molar-refractivity contribution in [1.82, 2.24) is 0 Å². The predicted octanol–water partition coefficient (Wildman–Crippen LogP) is 3.47. The molecule has 0 saturated heterocycles. The average molecular weight is 300 g/mol. The number of rotatable bonds is 3. The van der Waals surface area contributed by atoms with Gasteiger partial charge in [-0.3, -0.25) is 4.79 Å². The number of ether oxygens (including phenoxy) is 1. The Morgan fingerprint density at radius 1 is 1.24 bits per heavy atom. The van der Waals surface area contributed by atoms with E-state index in [1.807, 2.05) is 42.7 Å². The number of carbonyl (C=O) groups is 1. The van der Waals surface area contributed by atoms with Crippen molar-refractivity contribution in [3.63, 3.8) is 0 Å². The number of amides is 1. The number of para-hydroxylation sites is 1. The zero-order valence-corrected chi connectivity index (χ0v) is 12.5. The van der Waals surface area contributed by atoms with Gasteiger partial charge in [-0.05, 0) is 42.7 Å². The first kappa shape index (κ1) is 13.8. The van der Waals surface area contributed by atoms with Crippen LogP contribution in [-0.2, 0) is 0 Å². The Balaban J connectivity index is 1.82. The van der Waals surface area contributed by atoms with Crippen molar-refractivity contribution in [2.75, 3.05) is 30.0 Å². The summed E-state index contributed by atoms with van der Waals surface area (Å²) in [5.41, 5.74) is 2.19. The maximum absolute atomic E-state index is 12.4. The smallest absolute Gasteiger partial charge is 0.259 e. The van der Waals surface area contributed by atoms with Crippen LogP contribution in [-0.4, -0.2) is 25.3 Å². The minimum absolute atomic E-state index is 0.160. The molecule has 0 spiro atoms. The SMILES string of the molecule is CSc1ccc(NC(=O)c2cccc3c2OCCN3)cc1.